The molecule has 0 aromatic heterocycles. The van der Waals surface area contributed by atoms with E-state index in [9.17, 15) is 4.79 Å². The zero-order chi connectivity index (χ0) is 16.1. The summed E-state index contributed by atoms with van der Waals surface area (Å²) in [6.45, 7) is 1.64. The number of rotatable bonds is 4. The molecule has 0 saturated heterocycles. The molecule has 2 aromatic rings. The van der Waals surface area contributed by atoms with Crippen molar-refractivity contribution >= 4 is 5.91 Å². The molecule has 1 aliphatic heterocycles. The van der Waals surface area contributed by atoms with Crippen molar-refractivity contribution in [2.75, 3.05) is 19.8 Å². The fourth-order valence-corrected chi connectivity index (χ4v) is 2.40. The number of nitrogens with one attached hydrogen (secondary N) is 1. The Balaban J connectivity index is 1.57. The first-order valence-corrected chi connectivity index (χ1v) is 7.43. The van der Waals surface area contributed by atoms with Gasteiger partial charge in [0, 0.05) is 12.1 Å². The third-order valence-electron chi connectivity index (χ3n) is 3.56. The maximum atomic E-state index is 12.1. The lowest BCUT2D eigenvalue weighted by atomic mass is 10.1. The van der Waals surface area contributed by atoms with Gasteiger partial charge in [-0.2, -0.15) is 5.26 Å². The fraction of sp³-hybridized carbons (Fsp3) is 0.222. The van der Waals surface area contributed by atoms with Gasteiger partial charge in [-0.15, -0.1) is 0 Å². The largest absolute Gasteiger partial charge is 0.486 e. The summed E-state index contributed by atoms with van der Waals surface area (Å²) in [5.41, 5.74) is 2.04. The Hall–Kier alpha value is -3.00. The molecule has 23 heavy (non-hydrogen) atoms. The van der Waals surface area contributed by atoms with E-state index in [1.54, 1.807) is 24.3 Å². The van der Waals surface area contributed by atoms with Crippen LogP contribution in [0.4, 0.5) is 0 Å². The minimum Gasteiger partial charge on any atom is -0.486 e. The fourth-order valence-electron chi connectivity index (χ4n) is 2.40. The van der Waals surface area contributed by atoms with Gasteiger partial charge in [0.25, 0.3) is 5.91 Å². The second-order valence-corrected chi connectivity index (χ2v) is 5.18. The Morgan fingerprint density at radius 3 is 2.78 bits per heavy atom. The Kier molecular flexibility index (Phi) is 4.44. The molecule has 1 heterocycles. The Morgan fingerprint density at radius 2 is 1.96 bits per heavy atom. The van der Waals surface area contributed by atoms with Crippen molar-refractivity contribution < 1.29 is 14.3 Å². The molecule has 1 aliphatic rings. The Bertz CT molecular complexity index is 765. The van der Waals surface area contributed by atoms with Gasteiger partial charge in [0.1, 0.15) is 13.2 Å². The van der Waals surface area contributed by atoms with Crippen LogP contribution in [0.25, 0.3) is 0 Å². The predicted molar refractivity (Wildman–Crippen MR) is 84.6 cm³/mol. The van der Waals surface area contributed by atoms with Crippen LogP contribution in [0.5, 0.6) is 11.5 Å². The topological polar surface area (TPSA) is 71.4 Å². The van der Waals surface area contributed by atoms with Gasteiger partial charge in [-0.05, 0) is 42.3 Å². The lowest BCUT2D eigenvalue weighted by Crippen LogP contribution is -2.25. The molecule has 1 amide bonds. The van der Waals surface area contributed by atoms with Crippen molar-refractivity contribution in [2.45, 2.75) is 6.42 Å². The molecule has 2 aromatic carbocycles. The van der Waals surface area contributed by atoms with E-state index in [2.05, 4.69) is 5.32 Å². The van der Waals surface area contributed by atoms with Gasteiger partial charge in [-0.1, -0.05) is 12.1 Å². The third-order valence-corrected chi connectivity index (χ3v) is 3.56. The van der Waals surface area contributed by atoms with Crippen LogP contribution in [0.15, 0.2) is 42.5 Å². The molecule has 0 unspecified atom stereocenters. The number of carbonyl (C=O) groups is 1. The molecule has 0 fully saturated rings. The van der Waals surface area contributed by atoms with E-state index in [4.69, 9.17) is 14.7 Å². The van der Waals surface area contributed by atoms with Crippen molar-refractivity contribution in [3.8, 4) is 17.6 Å². The van der Waals surface area contributed by atoms with E-state index in [1.165, 1.54) is 0 Å². The predicted octanol–water partition coefficient (Wildman–Crippen LogP) is 2.30. The molecule has 3 rings (SSSR count). The second-order valence-electron chi connectivity index (χ2n) is 5.18. The van der Waals surface area contributed by atoms with Crippen LogP contribution in [0.1, 0.15) is 21.5 Å². The van der Waals surface area contributed by atoms with Gasteiger partial charge in [0.2, 0.25) is 0 Å². The van der Waals surface area contributed by atoms with Crippen LogP contribution in [-0.2, 0) is 6.42 Å². The highest BCUT2D eigenvalue weighted by molar-refractivity contribution is 5.94. The molecule has 1 N–H and O–H groups in total. The summed E-state index contributed by atoms with van der Waals surface area (Å²) < 4.78 is 11.0. The Labute approximate surface area is 134 Å². The average Bonchev–Trinajstić information content (AvgIpc) is 2.61. The van der Waals surface area contributed by atoms with Gasteiger partial charge in [0.05, 0.1) is 11.6 Å². The first-order chi connectivity index (χ1) is 11.3. The molecule has 0 bridgehead atoms. The molecule has 5 nitrogen and oxygen atoms in total. The lowest BCUT2D eigenvalue weighted by molar-refractivity contribution is 0.0954. The quantitative estimate of drug-likeness (QED) is 0.941. The SMILES string of the molecule is N#Cc1cccc(C(=O)NCCc2ccc3c(c2)OCCO3)c1. The van der Waals surface area contributed by atoms with Crippen LogP contribution in [0.3, 0.4) is 0 Å². The summed E-state index contributed by atoms with van der Waals surface area (Å²) in [5.74, 6) is 1.33. The number of hydrogen-bond donors (Lipinski definition) is 1. The molecule has 0 aliphatic carbocycles. The summed E-state index contributed by atoms with van der Waals surface area (Å²) in [6, 6.07) is 14.5. The van der Waals surface area contributed by atoms with Gasteiger partial charge in [0.15, 0.2) is 11.5 Å². The molecular formula is C18H16N2O3. The van der Waals surface area contributed by atoms with Crippen molar-refractivity contribution in [3.05, 3.63) is 59.2 Å². The van der Waals surface area contributed by atoms with Crippen LogP contribution in [0.2, 0.25) is 0 Å². The highest BCUT2D eigenvalue weighted by atomic mass is 16.6. The average molecular weight is 308 g/mol. The van der Waals surface area contributed by atoms with Crippen molar-refractivity contribution in [1.82, 2.24) is 5.32 Å². The van der Waals surface area contributed by atoms with Crippen molar-refractivity contribution in [1.29, 1.82) is 5.26 Å². The molecule has 0 atom stereocenters. The number of nitrogens with zero attached hydrogens (tertiary/aromatic N) is 1. The molecule has 0 radical (unpaired) electrons. The van der Waals surface area contributed by atoms with Gasteiger partial charge in [-0.25, -0.2) is 0 Å². The number of fused-ring (bicyclic) bond motifs is 1. The van der Waals surface area contributed by atoms with Crippen LogP contribution < -0.4 is 14.8 Å². The smallest absolute Gasteiger partial charge is 0.251 e. The number of amides is 1. The Morgan fingerprint density at radius 1 is 1.13 bits per heavy atom. The zero-order valence-corrected chi connectivity index (χ0v) is 12.5. The second kappa shape index (κ2) is 6.84. The summed E-state index contributed by atoms with van der Waals surface area (Å²) in [4.78, 5) is 12.1. The summed E-state index contributed by atoms with van der Waals surface area (Å²) in [5, 5.41) is 11.7. The maximum Gasteiger partial charge on any atom is 0.251 e. The van der Waals surface area contributed by atoms with E-state index >= 15 is 0 Å². The normalized spacial score (nSPS) is 12.3. The van der Waals surface area contributed by atoms with Crippen molar-refractivity contribution in [3.63, 3.8) is 0 Å². The highest BCUT2D eigenvalue weighted by Gasteiger charge is 2.12. The van der Waals surface area contributed by atoms with Crippen LogP contribution in [0, 0.1) is 11.3 Å². The van der Waals surface area contributed by atoms with E-state index in [0.29, 0.717) is 37.3 Å². The summed E-state index contributed by atoms with van der Waals surface area (Å²) >= 11 is 0. The van der Waals surface area contributed by atoms with Crippen LogP contribution in [-0.4, -0.2) is 25.7 Å². The number of benzene rings is 2. The van der Waals surface area contributed by atoms with Crippen molar-refractivity contribution in [2.24, 2.45) is 0 Å². The van der Waals surface area contributed by atoms with E-state index in [0.717, 1.165) is 17.1 Å². The van der Waals surface area contributed by atoms with Gasteiger partial charge >= 0.3 is 0 Å². The molecule has 0 saturated carbocycles. The molecule has 0 spiro atoms. The highest BCUT2D eigenvalue weighted by Crippen LogP contribution is 2.30. The zero-order valence-electron chi connectivity index (χ0n) is 12.5. The first-order valence-electron chi connectivity index (χ1n) is 7.43. The number of ether oxygens (including phenoxy) is 2. The van der Waals surface area contributed by atoms with Crippen LogP contribution >= 0.6 is 0 Å². The molecular weight excluding hydrogens is 292 g/mol. The van der Waals surface area contributed by atoms with E-state index in [1.807, 2.05) is 24.3 Å². The standard InChI is InChI=1S/C18H16N2O3/c19-12-14-2-1-3-15(10-14)18(21)20-7-6-13-4-5-16-17(11-13)23-9-8-22-16/h1-5,10-11H,6-9H2,(H,20,21). The lowest BCUT2D eigenvalue weighted by Gasteiger charge is -2.18. The summed E-state index contributed by atoms with van der Waals surface area (Å²) in [6.07, 6.45) is 0.695. The minimum atomic E-state index is -0.181. The van der Waals surface area contributed by atoms with Gasteiger partial charge in [-0.3, -0.25) is 4.79 Å². The number of carbonyl (C=O) groups excluding carboxylic acids is 1. The third kappa shape index (κ3) is 3.61. The maximum absolute atomic E-state index is 12.1. The molecule has 5 heteroatoms. The molecule has 116 valence electrons. The monoisotopic (exact) mass is 308 g/mol. The number of hydrogen-bond acceptors (Lipinski definition) is 4. The number of nitriles is 1. The summed E-state index contributed by atoms with van der Waals surface area (Å²) in [7, 11) is 0. The van der Waals surface area contributed by atoms with E-state index in [-0.39, 0.29) is 5.91 Å². The first kappa shape index (κ1) is 14.9. The minimum absolute atomic E-state index is 0.181. The van der Waals surface area contributed by atoms with Gasteiger partial charge < -0.3 is 14.8 Å². The van der Waals surface area contributed by atoms with E-state index < -0.39 is 0 Å².